The maximum Gasteiger partial charge on any atom is 0.342 e. The molecule has 22 heavy (non-hydrogen) atoms. The summed E-state index contributed by atoms with van der Waals surface area (Å²) < 4.78 is 0.292. The van der Waals surface area contributed by atoms with Gasteiger partial charge in [0.15, 0.2) is 0 Å². The number of halogens is 1. The minimum absolute atomic E-state index is 0.0209. The minimum Gasteiger partial charge on any atom is -0.508 e. The summed E-state index contributed by atoms with van der Waals surface area (Å²) in [5.41, 5.74) is 2.76. The number of H-pyrrole nitrogens is 1. The van der Waals surface area contributed by atoms with E-state index in [1.807, 2.05) is 4.98 Å². The molecule has 0 aliphatic rings. The van der Waals surface area contributed by atoms with Crippen LogP contribution in [0.2, 0.25) is 0 Å². The van der Waals surface area contributed by atoms with E-state index in [4.69, 9.17) is 5.73 Å². The molecular weight excluding hydrogens is 360 g/mol. The molecule has 0 radical (unpaired) electrons. The predicted octanol–water partition coefficient (Wildman–Crippen LogP) is 1.49. The first-order chi connectivity index (χ1) is 10.2. The lowest BCUT2D eigenvalue weighted by Gasteiger charge is -2.13. The lowest BCUT2D eigenvalue weighted by Crippen LogP contribution is -2.24. The summed E-state index contributed by atoms with van der Waals surface area (Å²) >= 11 is 3.13. The SMILES string of the molecule is Nc1[nH]c(=O)c(C(=O)O)c(-c2cc(O)ccc2Br)c1C(=O)O. The summed E-state index contributed by atoms with van der Waals surface area (Å²) in [6, 6.07) is 3.83. The number of anilines is 1. The molecule has 9 heteroatoms. The second-order valence-electron chi connectivity index (χ2n) is 4.27. The zero-order valence-electron chi connectivity index (χ0n) is 10.8. The normalized spacial score (nSPS) is 10.4. The van der Waals surface area contributed by atoms with Gasteiger partial charge in [-0.25, -0.2) is 9.59 Å². The van der Waals surface area contributed by atoms with E-state index in [1.54, 1.807) is 0 Å². The summed E-state index contributed by atoms with van der Waals surface area (Å²) in [6.45, 7) is 0. The van der Waals surface area contributed by atoms with Gasteiger partial charge >= 0.3 is 11.9 Å². The molecule has 1 heterocycles. The number of nitrogens with one attached hydrogen (secondary N) is 1. The number of benzene rings is 1. The highest BCUT2D eigenvalue weighted by Crippen LogP contribution is 2.36. The highest BCUT2D eigenvalue weighted by molar-refractivity contribution is 9.10. The van der Waals surface area contributed by atoms with Gasteiger partial charge in [0, 0.05) is 15.6 Å². The van der Waals surface area contributed by atoms with Crippen LogP contribution in [-0.2, 0) is 0 Å². The van der Waals surface area contributed by atoms with Gasteiger partial charge < -0.3 is 26.0 Å². The molecule has 1 aromatic heterocycles. The van der Waals surface area contributed by atoms with E-state index in [9.17, 15) is 29.7 Å². The summed E-state index contributed by atoms with van der Waals surface area (Å²) in [7, 11) is 0. The number of pyridine rings is 1. The number of carbonyl (C=O) groups is 2. The Morgan fingerprint density at radius 1 is 1.14 bits per heavy atom. The number of nitrogen functional groups attached to an aromatic ring is 1. The van der Waals surface area contributed by atoms with Gasteiger partial charge in [-0.1, -0.05) is 15.9 Å². The molecule has 0 fully saturated rings. The van der Waals surface area contributed by atoms with Crippen molar-refractivity contribution in [1.29, 1.82) is 0 Å². The fourth-order valence-corrected chi connectivity index (χ4v) is 2.47. The number of hydrogen-bond donors (Lipinski definition) is 5. The average molecular weight is 369 g/mol. The van der Waals surface area contributed by atoms with E-state index < -0.39 is 34.4 Å². The van der Waals surface area contributed by atoms with Crippen molar-refractivity contribution in [3.8, 4) is 16.9 Å². The lowest BCUT2D eigenvalue weighted by molar-refractivity contribution is 0.0695. The number of aromatic nitrogens is 1. The Morgan fingerprint density at radius 3 is 2.27 bits per heavy atom. The van der Waals surface area contributed by atoms with Gasteiger partial charge in [-0.15, -0.1) is 0 Å². The standard InChI is InChI=1S/C13H9BrN2O6/c14-6-2-1-4(17)3-5(6)7-8(12(19)20)10(15)16-11(18)9(7)13(21)22/h1-3,17H,(H,19,20)(H,21,22)(H3,15,16,18). The molecule has 8 nitrogen and oxygen atoms in total. The first-order valence-corrected chi connectivity index (χ1v) is 6.54. The molecule has 0 aliphatic carbocycles. The van der Waals surface area contributed by atoms with E-state index in [2.05, 4.69) is 15.9 Å². The smallest absolute Gasteiger partial charge is 0.342 e. The molecule has 0 saturated heterocycles. The number of aromatic carboxylic acids is 2. The van der Waals surface area contributed by atoms with Gasteiger partial charge in [0.25, 0.3) is 5.56 Å². The van der Waals surface area contributed by atoms with Crippen molar-refractivity contribution in [2.24, 2.45) is 0 Å². The van der Waals surface area contributed by atoms with E-state index >= 15 is 0 Å². The third kappa shape index (κ3) is 2.53. The largest absolute Gasteiger partial charge is 0.508 e. The van der Waals surface area contributed by atoms with E-state index in [1.165, 1.54) is 12.1 Å². The summed E-state index contributed by atoms with van der Waals surface area (Å²) in [5, 5.41) is 28.1. The van der Waals surface area contributed by atoms with Crippen molar-refractivity contribution in [3.63, 3.8) is 0 Å². The number of carboxylic acid groups (broad SMARTS) is 2. The molecule has 1 aromatic carbocycles. The molecule has 2 aromatic rings. The van der Waals surface area contributed by atoms with Crippen molar-refractivity contribution in [2.45, 2.75) is 0 Å². The lowest BCUT2D eigenvalue weighted by atomic mass is 9.95. The number of aromatic amines is 1. The zero-order chi connectivity index (χ0) is 16.6. The Labute approximate surface area is 131 Å². The Kier molecular flexibility index (Phi) is 3.91. The van der Waals surface area contributed by atoms with Crippen LogP contribution in [0.5, 0.6) is 5.75 Å². The molecule has 0 saturated carbocycles. The predicted molar refractivity (Wildman–Crippen MR) is 80.2 cm³/mol. The Morgan fingerprint density at radius 2 is 1.73 bits per heavy atom. The highest BCUT2D eigenvalue weighted by atomic mass is 79.9. The first kappa shape index (κ1) is 15.6. The molecule has 0 amide bonds. The summed E-state index contributed by atoms with van der Waals surface area (Å²) in [6.07, 6.45) is 0. The fourth-order valence-electron chi connectivity index (χ4n) is 2.02. The first-order valence-electron chi connectivity index (χ1n) is 5.75. The van der Waals surface area contributed by atoms with Gasteiger partial charge in [0.05, 0.1) is 0 Å². The second kappa shape index (κ2) is 5.53. The van der Waals surface area contributed by atoms with Crippen molar-refractivity contribution in [3.05, 3.63) is 44.2 Å². The number of phenolic OH excluding ortho intramolecular Hbond substituents is 1. The fraction of sp³-hybridized carbons (Fsp3) is 0. The molecule has 114 valence electrons. The third-order valence-electron chi connectivity index (χ3n) is 2.89. The topological polar surface area (TPSA) is 154 Å². The Balaban J connectivity index is 3.06. The van der Waals surface area contributed by atoms with Crippen molar-refractivity contribution in [2.75, 3.05) is 5.73 Å². The Bertz CT molecular complexity index is 858. The number of hydrogen-bond acceptors (Lipinski definition) is 5. The molecule has 6 N–H and O–H groups in total. The van der Waals surface area contributed by atoms with Gasteiger partial charge in [-0.2, -0.15) is 0 Å². The quantitative estimate of drug-likeness (QED) is 0.549. The van der Waals surface area contributed by atoms with Crippen LogP contribution >= 0.6 is 15.9 Å². The molecule has 0 aliphatic heterocycles. The third-order valence-corrected chi connectivity index (χ3v) is 3.58. The summed E-state index contributed by atoms with van der Waals surface area (Å²) in [5.74, 6) is -3.84. The van der Waals surface area contributed by atoms with Gasteiger partial charge in [-0.3, -0.25) is 4.79 Å². The maximum atomic E-state index is 11.9. The zero-order valence-corrected chi connectivity index (χ0v) is 12.3. The van der Waals surface area contributed by atoms with Crippen molar-refractivity contribution < 1.29 is 24.9 Å². The molecule has 0 spiro atoms. The molecule has 0 atom stereocenters. The van der Waals surface area contributed by atoms with Crippen LogP contribution in [0.15, 0.2) is 27.5 Å². The minimum atomic E-state index is -1.62. The number of carboxylic acids is 2. The van der Waals surface area contributed by atoms with Crippen LogP contribution in [0.4, 0.5) is 5.82 Å². The highest BCUT2D eigenvalue weighted by Gasteiger charge is 2.27. The summed E-state index contributed by atoms with van der Waals surface area (Å²) in [4.78, 5) is 36.6. The number of nitrogens with two attached hydrogens (primary N) is 1. The molecular formula is C13H9BrN2O6. The molecule has 0 bridgehead atoms. The maximum absolute atomic E-state index is 11.9. The van der Waals surface area contributed by atoms with E-state index in [-0.39, 0.29) is 16.9 Å². The van der Waals surface area contributed by atoms with Crippen molar-refractivity contribution in [1.82, 2.24) is 4.98 Å². The number of rotatable bonds is 3. The van der Waals surface area contributed by atoms with Crippen LogP contribution in [0.3, 0.4) is 0 Å². The van der Waals surface area contributed by atoms with Crippen molar-refractivity contribution >= 4 is 33.7 Å². The Hall–Kier alpha value is -2.81. The van der Waals surface area contributed by atoms with Crippen LogP contribution in [0, 0.1) is 0 Å². The van der Waals surface area contributed by atoms with Gasteiger partial charge in [-0.05, 0) is 18.2 Å². The number of phenols is 1. The molecule has 2 rings (SSSR count). The average Bonchev–Trinajstić information content (AvgIpc) is 2.39. The van der Waals surface area contributed by atoms with Crippen LogP contribution in [-0.4, -0.2) is 32.2 Å². The van der Waals surface area contributed by atoms with E-state index in [0.717, 1.165) is 6.07 Å². The van der Waals surface area contributed by atoms with Gasteiger partial charge in [0.2, 0.25) is 0 Å². The van der Waals surface area contributed by atoms with Gasteiger partial charge in [0.1, 0.15) is 22.7 Å². The van der Waals surface area contributed by atoms with E-state index in [0.29, 0.717) is 4.47 Å². The van der Waals surface area contributed by atoms with Crippen LogP contribution in [0.25, 0.3) is 11.1 Å². The van der Waals surface area contributed by atoms with Crippen LogP contribution < -0.4 is 11.3 Å². The van der Waals surface area contributed by atoms with Crippen LogP contribution in [0.1, 0.15) is 20.7 Å². The monoisotopic (exact) mass is 368 g/mol. The molecule has 0 unspecified atom stereocenters. The second-order valence-corrected chi connectivity index (χ2v) is 5.12. The number of aromatic hydroxyl groups is 1.